The molecule has 3 N–H and O–H groups in total. The van der Waals surface area contributed by atoms with Crippen molar-refractivity contribution in [1.29, 1.82) is 0 Å². The van der Waals surface area contributed by atoms with Crippen LogP contribution in [0.3, 0.4) is 0 Å². The Hall–Kier alpha value is -4.98. The van der Waals surface area contributed by atoms with E-state index in [1.807, 2.05) is 13.8 Å². The zero-order chi connectivity index (χ0) is 29.3. The van der Waals surface area contributed by atoms with E-state index < -0.39 is 11.6 Å². The quantitative estimate of drug-likeness (QED) is 0.338. The highest BCUT2D eigenvalue weighted by Gasteiger charge is 2.38. The number of carbonyl (C=O) groups is 1. The second-order valence-corrected chi connectivity index (χ2v) is 10.1. The summed E-state index contributed by atoms with van der Waals surface area (Å²) in [5.41, 5.74) is 7.40. The summed E-state index contributed by atoms with van der Waals surface area (Å²) in [6.45, 7) is 4.52. The summed E-state index contributed by atoms with van der Waals surface area (Å²) < 4.78 is 19.4. The van der Waals surface area contributed by atoms with E-state index >= 15 is 0 Å². The topological polar surface area (TPSA) is 173 Å². The van der Waals surface area contributed by atoms with E-state index in [1.165, 1.54) is 42.1 Å². The van der Waals surface area contributed by atoms with Crippen LogP contribution in [0.15, 0.2) is 53.7 Å². The SMILES string of the molecule is COc1cc(OC)cc(-n2nc(-c3nc(-c4cnn(C[C@@H]5CN(C(=O)O)C(C)(C)CO5)c4)cnc3N)ccc2=O)c1. The van der Waals surface area contributed by atoms with Crippen molar-refractivity contribution in [2.45, 2.75) is 32.0 Å². The summed E-state index contributed by atoms with van der Waals surface area (Å²) in [7, 11) is 3.03. The van der Waals surface area contributed by atoms with E-state index in [4.69, 9.17) is 19.9 Å². The number of rotatable bonds is 7. The van der Waals surface area contributed by atoms with E-state index in [9.17, 15) is 14.7 Å². The predicted molar refractivity (Wildman–Crippen MR) is 148 cm³/mol. The highest BCUT2D eigenvalue weighted by atomic mass is 16.5. The van der Waals surface area contributed by atoms with Gasteiger partial charge in [0.15, 0.2) is 5.82 Å². The molecule has 0 unspecified atom stereocenters. The maximum absolute atomic E-state index is 12.7. The summed E-state index contributed by atoms with van der Waals surface area (Å²) in [5.74, 6) is 1.12. The molecule has 4 aromatic rings. The van der Waals surface area contributed by atoms with Crippen molar-refractivity contribution in [2.75, 3.05) is 33.1 Å². The van der Waals surface area contributed by atoms with Gasteiger partial charge in [-0.05, 0) is 19.9 Å². The lowest BCUT2D eigenvalue weighted by atomic mass is 10.0. The first-order valence-electron chi connectivity index (χ1n) is 12.7. The fraction of sp³-hybridized carbons (Fsp3) is 0.333. The number of amides is 1. The lowest BCUT2D eigenvalue weighted by molar-refractivity contribution is -0.0918. The average Bonchev–Trinajstić information content (AvgIpc) is 3.42. The molecule has 1 fully saturated rings. The molecule has 5 rings (SSSR count). The van der Waals surface area contributed by atoms with Crippen LogP contribution >= 0.6 is 0 Å². The van der Waals surface area contributed by atoms with Crippen molar-refractivity contribution in [3.8, 4) is 39.8 Å². The van der Waals surface area contributed by atoms with Gasteiger partial charge in [-0.2, -0.15) is 14.9 Å². The van der Waals surface area contributed by atoms with Crippen LogP contribution in [0.1, 0.15) is 13.8 Å². The Morgan fingerprint density at radius 1 is 1.15 bits per heavy atom. The largest absolute Gasteiger partial charge is 0.497 e. The van der Waals surface area contributed by atoms with E-state index in [-0.39, 0.29) is 36.3 Å². The number of hydrogen-bond donors (Lipinski definition) is 2. The Bertz CT molecular complexity index is 1630. The first-order valence-corrected chi connectivity index (χ1v) is 12.7. The second kappa shape index (κ2) is 10.9. The van der Waals surface area contributed by atoms with Gasteiger partial charge in [0.1, 0.15) is 22.9 Å². The zero-order valence-electron chi connectivity index (χ0n) is 23.0. The van der Waals surface area contributed by atoms with Crippen LogP contribution in [0.25, 0.3) is 28.3 Å². The number of nitrogen functional groups attached to an aromatic ring is 1. The molecule has 1 aliphatic heterocycles. The summed E-state index contributed by atoms with van der Waals surface area (Å²) in [5, 5.41) is 18.5. The van der Waals surface area contributed by atoms with Crippen LogP contribution in [-0.4, -0.2) is 84.6 Å². The number of benzene rings is 1. The van der Waals surface area contributed by atoms with Gasteiger partial charge in [0.2, 0.25) is 0 Å². The van der Waals surface area contributed by atoms with Gasteiger partial charge in [-0.15, -0.1) is 0 Å². The van der Waals surface area contributed by atoms with Gasteiger partial charge in [0.25, 0.3) is 5.56 Å². The maximum Gasteiger partial charge on any atom is 0.407 e. The van der Waals surface area contributed by atoms with Crippen molar-refractivity contribution in [3.63, 3.8) is 0 Å². The molecule has 0 radical (unpaired) electrons. The number of carboxylic acid groups (broad SMARTS) is 1. The van der Waals surface area contributed by atoms with Gasteiger partial charge < -0.3 is 25.1 Å². The first kappa shape index (κ1) is 27.6. The summed E-state index contributed by atoms with van der Waals surface area (Å²) in [6.07, 6.45) is 3.58. The van der Waals surface area contributed by atoms with Gasteiger partial charge >= 0.3 is 6.09 Å². The van der Waals surface area contributed by atoms with Crippen molar-refractivity contribution in [3.05, 3.63) is 59.3 Å². The molecule has 0 spiro atoms. The highest BCUT2D eigenvalue weighted by molar-refractivity contribution is 5.70. The standard InChI is InChI=1S/C27H30N8O6/c1-27(2)15-41-20(14-34(27)26(37)38)13-33-12-16(10-30-33)22-11-29-25(28)24(31-22)21-5-6-23(36)35(32-21)17-7-18(39-3)9-19(8-17)40-4/h5-12,20H,13-15H2,1-4H3,(H2,28,29)(H,37,38)/t20-/m1/s1. The van der Waals surface area contributed by atoms with E-state index in [0.717, 1.165) is 0 Å². The smallest absolute Gasteiger partial charge is 0.407 e. The molecule has 3 aromatic heterocycles. The maximum atomic E-state index is 12.7. The monoisotopic (exact) mass is 562 g/mol. The molecule has 1 aromatic carbocycles. The fourth-order valence-electron chi connectivity index (χ4n) is 4.52. The molecular formula is C27H30N8O6. The summed E-state index contributed by atoms with van der Waals surface area (Å²) >= 11 is 0. The minimum absolute atomic E-state index is 0.133. The summed E-state index contributed by atoms with van der Waals surface area (Å²) in [6, 6.07) is 7.90. The number of hydrogen-bond acceptors (Lipinski definition) is 10. The van der Waals surface area contributed by atoms with Gasteiger partial charge in [-0.1, -0.05) is 0 Å². The Morgan fingerprint density at radius 2 is 1.88 bits per heavy atom. The lowest BCUT2D eigenvalue weighted by Crippen LogP contribution is -2.58. The van der Waals surface area contributed by atoms with E-state index in [2.05, 4.69) is 20.2 Å². The molecule has 0 aliphatic carbocycles. The van der Waals surface area contributed by atoms with Crippen molar-refractivity contribution < 1.29 is 24.1 Å². The van der Waals surface area contributed by atoms with Gasteiger partial charge in [-0.25, -0.2) is 14.8 Å². The highest BCUT2D eigenvalue weighted by Crippen LogP contribution is 2.27. The number of nitrogens with two attached hydrogens (primary N) is 1. The van der Waals surface area contributed by atoms with E-state index in [0.29, 0.717) is 40.7 Å². The number of ether oxygens (including phenoxy) is 3. The molecule has 0 saturated carbocycles. The molecule has 1 aliphatic rings. The molecule has 1 amide bonds. The molecule has 1 saturated heterocycles. The first-order chi connectivity index (χ1) is 19.6. The van der Waals surface area contributed by atoms with Crippen molar-refractivity contribution in [1.82, 2.24) is 34.4 Å². The molecule has 4 heterocycles. The van der Waals surface area contributed by atoms with Crippen LogP contribution in [0.2, 0.25) is 0 Å². The minimum atomic E-state index is -0.986. The normalized spacial score (nSPS) is 16.4. The molecular weight excluding hydrogens is 532 g/mol. The predicted octanol–water partition coefficient (Wildman–Crippen LogP) is 2.31. The fourth-order valence-corrected chi connectivity index (χ4v) is 4.52. The molecule has 1 atom stereocenters. The number of morpholine rings is 1. The molecule has 0 bridgehead atoms. The molecule has 214 valence electrons. The van der Waals surface area contributed by atoms with Crippen LogP contribution in [0.5, 0.6) is 11.5 Å². The van der Waals surface area contributed by atoms with Crippen LogP contribution in [0.4, 0.5) is 10.6 Å². The van der Waals surface area contributed by atoms with E-state index in [1.54, 1.807) is 35.3 Å². The molecule has 41 heavy (non-hydrogen) atoms. The number of methoxy groups -OCH3 is 2. The van der Waals surface area contributed by atoms with Gasteiger partial charge in [-0.3, -0.25) is 14.4 Å². The average molecular weight is 563 g/mol. The van der Waals surface area contributed by atoms with Crippen LogP contribution in [-0.2, 0) is 11.3 Å². The van der Waals surface area contributed by atoms with Gasteiger partial charge in [0, 0.05) is 36.0 Å². The Balaban J connectivity index is 1.42. The third kappa shape index (κ3) is 5.68. The Labute approximate surface area is 234 Å². The third-order valence-corrected chi connectivity index (χ3v) is 6.76. The Morgan fingerprint density at radius 3 is 2.56 bits per heavy atom. The van der Waals surface area contributed by atoms with Crippen LogP contribution in [0, 0.1) is 0 Å². The van der Waals surface area contributed by atoms with Gasteiger partial charge in [0.05, 0.1) is 69.3 Å². The molecule has 14 heteroatoms. The number of anilines is 1. The van der Waals surface area contributed by atoms with Crippen molar-refractivity contribution >= 4 is 11.9 Å². The minimum Gasteiger partial charge on any atom is -0.497 e. The molecule has 14 nitrogen and oxygen atoms in total. The number of aromatic nitrogens is 6. The lowest BCUT2D eigenvalue weighted by Gasteiger charge is -2.43. The zero-order valence-corrected chi connectivity index (χ0v) is 23.0. The summed E-state index contributed by atoms with van der Waals surface area (Å²) in [4.78, 5) is 34.8. The van der Waals surface area contributed by atoms with Crippen molar-refractivity contribution in [2.24, 2.45) is 0 Å². The van der Waals surface area contributed by atoms with Crippen LogP contribution < -0.4 is 20.8 Å². The number of nitrogens with zero attached hydrogens (tertiary/aromatic N) is 7. The Kier molecular flexibility index (Phi) is 7.32. The second-order valence-electron chi connectivity index (χ2n) is 10.1. The third-order valence-electron chi connectivity index (χ3n) is 6.76.